The zero-order valence-corrected chi connectivity index (χ0v) is 13.5. The zero-order valence-electron chi connectivity index (χ0n) is 13.5. The Bertz CT molecular complexity index is 147. The summed E-state index contributed by atoms with van der Waals surface area (Å²) in [6, 6.07) is 0. The summed E-state index contributed by atoms with van der Waals surface area (Å²) in [6.45, 7) is 9.94. The van der Waals surface area contributed by atoms with Crippen molar-refractivity contribution in [2.24, 2.45) is 0 Å². The van der Waals surface area contributed by atoms with E-state index in [0.29, 0.717) is 39.6 Å². The summed E-state index contributed by atoms with van der Waals surface area (Å²) in [6.07, 6.45) is 7.47. The summed E-state index contributed by atoms with van der Waals surface area (Å²) >= 11 is 0. The molecule has 0 saturated carbocycles. The highest BCUT2D eigenvalue weighted by Crippen LogP contribution is 2.02. The van der Waals surface area contributed by atoms with Gasteiger partial charge in [-0.2, -0.15) is 0 Å². The minimum Gasteiger partial charge on any atom is -0.379 e. The van der Waals surface area contributed by atoms with E-state index in [1.54, 1.807) is 0 Å². The minimum atomic E-state index is 0.631. The van der Waals surface area contributed by atoms with E-state index >= 15 is 0 Å². The van der Waals surface area contributed by atoms with Crippen LogP contribution < -0.4 is 0 Å². The maximum Gasteiger partial charge on any atom is 0.0701 e. The predicted octanol–water partition coefficient (Wildman–Crippen LogP) is 3.43. The fourth-order valence-corrected chi connectivity index (χ4v) is 1.71. The fourth-order valence-electron chi connectivity index (χ4n) is 1.71. The molecule has 0 saturated heterocycles. The standard InChI is InChI=1S/C16H34O4/c1-3-5-6-7-8-10-18-12-14-20-16-15-19-13-11-17-9-4-2/h3-16H2,1-2H3. The first-order valence-corrected chi connectivity index (χ1v) is 8.22. The van der Waals surface area contributed by atoms with Gasteiger partial charge in [0.25, 0.3) is 0 Å². The molecular formula is C16H34O4. The fraction of sp³-hybridized carbons (Fsp3) is 1.00. The lowest BCUT2D eigenvalue weighted by Gasteiger charge is -2.07. The number of hydrogen-bond donors (Lipinski definition) is 0. The molecule has 0 aliphatic heterocycles. The van der Waals surface area contributed by atoms with Gasteiger partial charge in [-0.1, -0.05) is 39.5 Å². The van der Waals surface area contributed by atoms with Crippen molar-refractivity contribution in [3.63, 3.8) is 0 Å². The highest BCUT2D eigenvalue weighted by Gasteiger charge is 1.93. The molecule has 0 aromatic rings. The maximum atomic E-state index is 5.50. The van der Waals surface area contributed by atoms with Crippen LogP contribution in [0.25, 0.3) is 0 Å². The van der Waals surface area contributed by atoms with E-state index in [9.17, 15) is 0 Å². The highest BCUT2D eigenvalue weighted by atomic mass is 16.6. The monoisotopic (exact) mass is 290 g/mol. The lowest BCUT2D eigenvalue weighted by Crippen LogP contribution is -2.12. The molecule has 4 heteroatoms. The average molecular weight is 290 g/mol. The molecule has 0 amide bonds. The molecule has 4 nitrogen and oxygen atoms in total. The van der Waals surface area contributed by atoms with Crippen LogP contribution in [0.5, 0.6) is 0 Å². The van der Waals surface area contributed by atoms with Gasteiger partial charge < -0.3 is 18.9 Å². The van der Waals surface area contributed by atoms with Crippen LogP contribution in [0, 0.1) is 0 Å². The second kappa shape index (κ2) is 18.8. The van der Waals surface area contributed by atoms with Crippen molar-refractivity contribution in [3.8, 4) is 0 Å². The summed E-state index contributed by atoms with van der Waals surface area (Å²) in [5.74, 6) is 0. The summed E-state index contributed by atoms with van der Waals surface area (Å²) < 4.78 is 21.6. The summed E-state index contributed by atoms with van der Waals surface area (Å²) in [4.78, 5) is 0. The van der Waals surface area contributed by atoms with Gasteiger partial charge in [0.2, 0.25) is 0 Å². The van der Waals surface area contributed by atoms with Crippen LogP contribution in [0.15, 0.2) is 0 Å². The van der Waals surface area contributed by atoms with Crippen molar-refractivity contribution < 1.29 is 18.9 Å². The summed E-state index contributed by atoms with van der Waals surface area (Å²) in [5, 5.41) is 0. The Kier molecular flexibility index (Phi) is 18.7. The van der Waals surface area contributed by atoms with Crippen LogP contribution in [0.2, 0.25) is 0 Å². The van der Waals surface area contributed by atoms with Crippen LogP contribution in [0.1, 0.15) is 52.4 Å². The van der Waals surface area contributed by atoms with E-state index in [1.165, 1.54) is 32.1 Å². The van der Waals surface area contributed by atoms with Gasteiger partial charge in [0.05, 0.1) is 39.6 Å². The Morgan fingerprint density at radius 2 is 0.850 bits per heavy atom. The second-order valence-electron chi connectivity index (χ2n) is 4.86. The molecule has 0 radical (unpaired) electrons. The van der Waals surface area contributed by atoms with Crippen LogP contribution >= 0.6 is 0 Å². The third-order valence-electron chi connectivity index (χ3n) is 2.86. The number of hydrogen-bond acceptors (Lipinski definition) is 4. The van der Waals surface area contributed by atoms with Crippen molar-refractivity contribution in [1.82, 2.24) is 0 Å². The van der Waals surface area contributed by atoms with Crippen molar-refractivity contribution in [2.75, 3.05) is 52.9 Å². The molecule has 122 valence electrons. The van der Waals surface area contributed by atoms with Gasteiger partial charge >= 0.3 is 0 Å². The molecule has 20 heavy (non-hydrogen) atoms. The molecule has 0 heterocycles. The molecule has 0 rings (SSSR count). The second-order valence-corrected chi connectivity index (χ2v) is 4.86. The minimum absolute atomic E-state index is 0.631. The van der Waals surface area contributed by atoms with Crippen molar-refractivity contribution in [1.29, 1.82) is 0 Å². The van der Waals surface area contributed by atoms with E-state index < -0.39 is 0 Å². The van der Waals surface area contributed by atoms with Gasteiger partial charge in [-0.15, -0.1) is 0 Å². The van der Waals surface area contributed by atoms with Gasteiger partial charge in [0.15, 0.2) is 0 Å². The van der Waals surface area contributed by atoms with E-state index in [0.717, 1.165) is 19.6 Å². The Morgan fingerprint density at radius 1 is 0.400 bits per heavy atom. The quantitative estimate of drug-likeness (QED) is 0.385. The van der Waals surface area contributed by atoms with E-state index in [2.05, 4.69) is 13.8 Å². The summed E-state index contributed by atoms with van der Waals surface area (Å²) in [5.41, 5.74) is 0. The first-order chi connectivity index (χ1) is 9.91. The highest BCUT2D eigenvalue weighted by molar-refractivity contribution is 4.42. The van der Waals surface area contributed by atoms with Gasteiger partial charge in [0.1, 0.15) is 0 Å². The molecule has 0 bridgehead atoms. The van der Waals surface area contributed by atoms with E-state index in [4.69, 9.17) is 18.9 Å². The van der Waals surface area contributed by atoms with Crippen molar-refractivity contribution in [2.45, 2.75) is 52.4 Å². The first-order valence-electron chi connectivity index (χ1n) is 8.22. The first kappa shape index (κ1) is 19.8. The molecule has 0 aromatic heterocycles. The van der Waals surface area contributed by atoms with E-state index in [-0.39, 0.29) is 0 Å². The topological polar surface area (TPSA) is 36.9 Å². The van der Waals surface area contributed by atoms with Crippen LogP contribution in [-0.2, 0) is 18.9 Å². The molecule has 0 aliphatic carbocycles. The van der Waals surface area contributed by atoms with Crippen molar-refractivity contribution in [3.05, 3.63) is 0 Å². The molecular weight excluding hydrogens is 256 g/mol. The Hall–Kier alpha value is -0.160. The largest absolute Gasteiger partial charge is 0.379 e. The molecule has 0 fully saturated rings. The van der Waals surface area contributed by atoms with Gasteiger partial charge in [-0.05, 0) is 12.8 Å². The summed E-state index contributed by atoms with van der Waals surface area (Å²) in [7, 11) is 0. The number of ether oxygens (including phenoxy) is 4. The third kappa shape index (κ3) is 17.8. The smallest absolute Gasteiger partial charge is 0.0701 e. The lowest BCUT2D eigenvalue weighted by molar-refractivity contribution is -0.00206. The third-order valence-corrected chi connectivity index (χ3v) is 2.86. The number of unbranched alkanes of at least 4 members (excludes halogenated alkanes) is 4. The normalized spacial score (nSPS) is 11.1. The molecule has 0 aromatic carbocycles. The maximum absolute atomic E-state index is 5.50. The van der Waals surface area contributed by atoms with Crippen molar-refractivity contribution >= 4 is 0 Å². The SMILES string of the molecule is CCCCCCCOCCOCCOCCOCCC. The Balaban J connectivity index is 2.89. The Morgan fingerprint density at radius 3 is 1.35 bits per heavy atom. The van der Waals surface area contributed by atoms with Gasteiger partial charge in [0, 0.05) is 13.2 Å². The van der Waals surface area contributed by atoms with Gasteiger partial charge in [-0.25, -0.2) is 0 Å². The molecule has 0 spiro atoms. The molecule has 0 atom stereocenters. The predicted molar refractivity (Wildman–Crippen MR) is 82.3 cm³/mol. The average Bonchev–Trinajstić information content (AvgIpc) is 2.47. The van der Waals surface area contributed by atoms with Crippen LogP contribution in [0.3, 0.4) is 0 Å². The zero-order chi connectivity index (χ0) is 14.7. The lowest BCUT2D eigenvalue weighted by atomic mass is 10.2. The number of rotatable bonds is 17. The molecule has 0 unspecified atom stereocenters. The van der Waals surface area contributed by atoms with Crippen LogP contribution in [-0.4, -0.2) is 52.9 Å². The van der Waals surface area contributed by atoms with Crippen LogP contribution in [0.4, 0.5) is 0 Å². The van der Waals surface area contributed by atoms with E-state index in [1.807, 2.05) is 0 Å². The molecule has 0 aliphatic rings. The van der Waals surface area contributed by atoms with Gasteiger partial charge in [-0.3, -0.25) is 0 Å². The Labute approximate surface area is 125 Å². The molecule has 0 N–H and O–H groups in total.